The second-order valence-corrected chi connectivity index (χ2v) is 4.92. The molecule has 0 aromatic heterocycles. The number of rotatable bonds is 8. The van der Waals surface area contributed by atoms with Gasteiger partial charge in [-0.15, -0.1) is 12.4 Å². The molecule has 0 radical (unpaired) electrons. The number of carboxylic acid groups (broad SMARTS) is 1. The largest absolute Gasteiger partial charge is 0.497 e. The van der Waals surface area contributed by atoms with Crippen LogP contribution in [0.5, 0.6) is 5.75 Å². The van der Waals surface area contributed by atoms with Gasteiger partial charge in [-0.25, -0.2) is 0 Å². The molecular weight excluding hydrogens is 294 g/mol. The van der Waals surface area contributed by atoms with Gasteiger partial charge in [0.15, 0.2) is 5.78 Å². The summed E-state index contributed by atoms with van der Waals surface area (Å²) in [6.45, 7) is 4.01. The molecule has 0 fully saturated rings. The number of carboxylic acids is 1. The molecule has 1 rings (SSSR count). The Hall–Kier alpha value is -1.59. The minimum absolute atomic E-state index is 0. The molecule has 0 spiro atoms. The normalized spacial score (nSPS) is 11.6. The third kappa shape index (κ3) is 6.14. The number of hydrogen-bond acceptors (Lipinski definition) is 4. The molecule has 0 bridgehead atoms. The third-order valence-electron chi connectivity index (χ3n) is 3.06. The maximum Gasteiger partial charge on any atom is 0.320 e. The van der Waals surface area contributed by atoms with E-state index in [1.165, 1.54) is 0 Å². The van der Waals surface area contributed by atoms with Gasteiger partial charge in [-0.2, -0.15) is 0 Å². The monoisotopic (exact) mass is 315 g/mol. The van der Waals surface area contributed by atoms with E-state index in [2.05, 4.69) is 5.32 Å². The van der Waals surface area contributed by atoms with Crippen LogP contribution in [0.4, 0.5) is 0 Å². The Balaban J connectivity index is 0.00000400. The van der Waals surface area contributed by atoms with Crippen LogP contribution >= 0.6 is 12.4 Å². The molecule has 0 aliphatic rings. The summed E-state index contributed by atoms with van der Waals surface area (Å²) in [5.74, 6) is -0.237. The third-order valence-corrected chi connectivity index (χ3v) is 3.06. The lowest BCUT2D eigenvalue weighted by molar-refractivity contribution is -0.140. The fourth-order valence-corrected chi connectivity index (χ4v) is 1.87. The van der Waals surface area contributed by atoms with Gasteiger partial charge in [0.2, 0.25) is 0 Å². The Morgan fingerprint density at radius 2 is 1.81 bits per heavy atom. The van der Waals surface area contributed by atoms with Gasteiger partial charge in [-0.1, -0.05) is 13.8 Å². The second kappa shape index (κ2) is 9.37. The molecule has 0 heterocycles. The number of aliphatic carboxylic acids is 1. The quantitative estimate of drug-likeness (QED) is 0.720. The van der Waals surface area contributed by atoms with Crippen molar-refractivity contribution >= 4 is 24.2 Å². The van der Waals surface area contributed by atoms with Crippen molar-refractivity contribution in [1.82, 2.24) is 5.32 Å². The Bertz CT molecular complexity index is 459. The Kier molecular flexibility index (Phi) is 8.66. The SMILES string of the molecule is COc1ccc(C(=O)CCNC(C(=O)O)C(C)C)cc1.Cl. The first-order valence-corrected chi connectivity index (χ1v) is 6.59. The van der Waals surface area contributed by atoms with E-state index < -0.39 is 12.0 Å². The number of nitrogens with one attached hydrogen (secondary N) is 1. The van der Waals surface area contributed by atoms with E-state index in [9.17, 15) is 9.59 Å². The lowest BCUT2D eigenvalue weighted by Crippen LogP contribution is -2.41. The van der Waals surface area contributed by atoms with Gasteiger partial charge >= 0.3 is 5.97 Å². The zero-order valence-corrected chi connectivity index (χ0v) is 13.3. The average molecular weight is 316 g/mol. The first-order valence-electron chi connectivity index (χ1n) is 6.59. The van der Waals surface area contributed by atoms with Crippen molar-refractivity contribution in [3.63, 3.8) is 0 Å². The smallest absolute Gasteiger partial charge is 0.320 e. The highest BCUT2D eigenvalue weighted by atomic mass is 35.5. The predicted octanol–water partition coefficient (Wildman–Crippen LogP) is 2.39. The number of methoxy groups -OCH3 is 1. The minimum atomic E-state index is -0.892. The molecule has 1 aromatic carbocycles. The summed E-state index contributed by atoms with van der Waals surface area (Å²) in [6, 6.07) is 6.25. The van der Waals surface area contributed by atoms with Gasteiger partial charge in [0, 0.05) is 18.5 Å². The zero-order chi connectivity index (χ0) is 15.1. The minimum Gasteiger partial charge on any atom is -0.497 e. The van der Waals surface area contributed by atoms with E-state index in [0.29, 0.717) is 17.9 Å². The summed E-state index contributed by atoms with van der Waals surface area (Å²) in [4.78, 5) is 22.9. The van der Waals surface area contributed by atoms with Crippen LogP contribution in [-0.2, 0) is 4.79 Å². The first kappa shape index (κ1) is 19.4. The van der Waals surface area contributed by atoms with E-state index >= 15 is 0 Å². The molecule has 0 aliphatic heterocycles. The van der Waals surface area contributed by atoms with Crippen molar-refractivity contribution in [2.45, 2.75) is 26.3 Å². The summed E-state index contributed by atoms with van der Waals surface area (Å²) in [5, 5.41) is 11.9. The topological polar surface area (TPSA) is 75.6 Å². The standard InChI is InChI=1S/C15H21NO4.ClH/c1-10(2)14(15(18)19)16-9-8-13(17)11-4-6-12(20-3)7-5-11;/h4-7,10,14,16H,8-9H2,1-3H3,(H,18,19);1H. The average Bonchev–Trinajstić information content (AvgIpc) is 2.42. The van der Waals surface area contributed by atoms with Crippen LogP contribution < -0.4 is 10.1 Å². The number of halogens is 1. The van der Waals surface area contributed by atoms with Crippen molar-refractivity contribution in [2.24, 2.45) is 5.92 Å². The number of carbonyl (C=O) groups is 2. The fourth-order valence-electron chi connectivity index (χ4n) is 1.87. The summed E-state index contributed by atoms with van der Waals surface area (Å²) in [5.41, 5.74) is 0.601. The van der Waals surface area contributed by atoms with Crippen LogP contribution in [0.15, 0.2) is 24.3 Å². The molecule has 0 saturated carbocycles. The second-order valence-electron chi connectivity index (χ2n) is 4.92. The van der Waals surface area contributed by atoms with Crippen molar-refractivity contribution < 1.29 is 19.4 Å². The molecule has 0 amide bonds. The molecule has 0 aliphatic carbocycles. The zero-order valence-electron chi connectivity index (χ0n) is 12.5. The van der Waals surface area contributed by atoms with Gasteiger partial charge in [0.25, 0.3) is 0 Å². The van der Waals surface area contributed by atoms with E-state index in [-0.39, 0.29) is 30.5 Å². The van der Waals surface area contributed by atoms with Crippen molar-refractivity contribution in [3.05, 3.63) is 29.8 Å². The van der Waals surface area contributed by atoms with Gasteiger partial charge in [-0.05, 0) is 30.2 Å². The molecule has 5 nitrogen and oxygen atoms in total. The first-order chi connectivity index (χ1) is 9.45. The number of benzene rings is 1. The predicted molar refractivity (Wildman–Crippen MR) is 83.5 cm³/mol. The van der Waals surface area contributed by atoms with Crippen LogP contribution in [0.2, 0.25) is 0 Å². The van der Waals surface area contributed by atoms with Crippen LogP contribution in [0.3, 0.4) is 0 Å². The summed E-state index contributed by atoms with van der Waals surface area (Å²) in [6.07, 6.45) is 0.267. The number of carbonyl (C=O) groups excluding carboxylic acids is 1. The fraction of sp³-hybridized carbons (Fsp3) is 0.467. The molecule has 118 valence electrons. The van der Waals surface area contributed by atoms with E-state index in [0.717, 1.165) is 0 Å². The molecule has 1 aromatic rings. The van der Waals surface area contributed by atoms with E-state index in [1.54, 1.807) is 31.4 Å². The van der Waals surface area contributed by atoms with Crippen molar-refractivity contribution in [3.8, 4) is 5.75 Å². The maximum atomic E-state index is 11.9. The Morgan fingerprint density at radius 3 is 2.24 bits per heavy atom. The highest BCUT2D eigenvalue weighted by Gasteiger charge is 2.20. The lowest BCUT2D eigenvalue weighted by Gasteiger charge is -2.17. The highest BCUT2D eigenvalue weighted by Crippen LogP contribution is 2.12. The van der Waals surface area contributed by atoms with Crippen LogP contribution in [0.25, 0.3) is 0 Å². The molecule has 1 atom stereocenters. The number of ketones is 1. The van der Waals surface area contributed by atoms with Gasteiger partial charge < -0.3 is 15.2 Å². The summed E-state index contributed by atoms with van der Waals surface area (Å²) < 4.78 is 5.03. The maximum absolute atomic E-state index is 11.9. The molecular formula is C15H22ClNO4. The molecule has 6 heteroatoms. The van der Waals surface area contributed by atoms with Gasteiger partial charge in [-0.3, -0.25) is 9.59 Å². The molecule has 2 N–H and O–H groups in total. The number of Topliss-reactive ketones (excluding diaryl/α,β-unsaturated/α-hetero) is 1. The molecule has 0 saturated heterocycles. The van der Waals surface area contributed by atoms with Gasteiger partial charge in [0.05, 0.1) is 7.11 Å². The van der Waals surface area contributed by atoms with Crippen LogP contribution in [0, 0.1) is 5.92 Å². The Labute approximate surface area is 131 Å². The molecule has 1 unspecified atom stereocenters. The number of hydrogen-bond donors (Lipinski definition) is 2. The molecule has 21 heavy (non-hydrogen) atoms. The Morgan fingerprint density at radius 1 is 1.24 bits per heavy atom. The van der Waals surface area contributed by atoms with Crippen molar-refractivity contribution in [1.29, 1.82) is 0 Å². The van der Waals surface area contributed by atoms with Crippen molar-refractivity contribution in [2.75, 3.05) is 13.7 Å². The van der Waals surface area contributed by atoms with E-state index in [1.807, 2.05) is 13.8 Å². The van der Waals surface area contributed by atoms with Crippen LogP contribution in [-0.4, -0.2) is 36.6 Å². The summed E-state index contributed by atoms with van der Waals surface area (Å²) in [7, 11) is 1.57. The summed E-state index contributed by atoms with van der Waals surface area (Å²) >= 11 is 0. The number of ether oxygens (including phenoxy) is 1. The highest BCUT2D eigenvalue weighted by molar-refractivity contribution is 5.96. The lowest BCUT2D eigenvalue weighted by atomic mass is 10.0. The van der Waals surface area contributed by atoms with Crippen LogP contribution in [0.1, 0.15) is 30.6 Å². The van der Waals surface area contributed by atoms with E-state index in [4.69, 9.17) is 9.84 Å². The van der Waals surface area contributed by atoms with Gasteiger partial charge in [0.1, 0.15) is 11.8 Å².